The second-order valence-corrected chi connectivity index (χ2v) is 6.19. The molecule has 2 fully saturated rings. The zero-order valence-electron chi connectivity index (χ0n) is 12.5. The third-order valence-electron chi connectivity index (χ3n) is 4.60. The van der Waals surface area contributed by atoms with Crippen LogP contribution in [-0.2, 0) is 20.9 Å². The summed E-state index contributed by atoms with van der Waals surface area (Å²) in [7, 11) is 0. The van der Waals surface area contributed by atoms with Gasteiger partial charge in [-0.2, -0.15) is 0 Å². The van der Waals surface area contributed by atoms with Gasteiger partial charge in [0.1, 0.15) is 5.76 Å². The molecule has 22 heavy (non-hydrogen) atoms. The normalized spacial score (nSPS) is 33.5. The van der Waals surface area contributed by atoms with Gasteiger partial charge in [-0.05, 0) is 42.2 Å². The molecule has 4 nitrogen and oxygen atoms in total. The van der Waals surface area contributed by atoms with Crippen molar-refractivity contribution in [3.8, 4) is 0 Å². The van der Waals surface area contributed by atoms with Gasteiger partial charge in [0.15, 0.2) is 5.60 Å². The van der Waals surface area contributed by atoms with Gasteiger partial charge in [0.2, 0.25) is 5.79 Å². The molecule has 3 atom stereocenters. The Morgan fingerprint density at radius 3 is 2.23 bits per heavy atom. The fraction of sp³-hybridized carbons (Fsp3) is 0.333. The number of nitrogens with zero attached hydrogens (tertiary/aromatic N) is 2. The van der Waals surface area contributed by atoms with Crippen LogP contribution in [0.25, 0.3) is 0 Å². The summed E-state index contributed by atoms with van der Waals surface area (Å²) in [6.45, 7) is 6.40. The molecule has 0 amide bonds. The van der Waals surface area contributed by atoms with Crippen LogP contribution in [0.1, 0.15) is 30.9 Å². The van der Waals surface area contributed by atoms with E-state index in [-0.39, 0.29) is 0 Å². The number of rotatable bonds is 2. The predicted octanol–water partition coefficient (Wildman–Crippen LogP) is 3.52. The summed E-state index contributed by atoms with van der Waals surface area (Å²) in [5.41, 5.74) is 1.45. The zero-order valence-corrected chi connectivity index (χ0v) is 12.5. The van der Waals surface area contributed by atoms with Gasteiger partial charge in [-0.25, -0.2) is 0 Å². The van der Waals surface area contributed by atoms with Gasteiger partial charge in [0.05, 0.1) is 0 Å². The van der Waals surface area contributed by atoms with E-state index in [2.05, 4.69) is 23.5 Å². The maximum absolute atomic E-state index is 6.55. The van der Waals surface area contributed by atoms with Crippen LogP contribution in [0.4, 0.5) is 0 Å². The minimum atomic E-state index is -0.763. The molecule has 2 saturated heterocycles. The lowest BCUT2D eigenvalue weighted by Crippen LogP contribution is -2.41. The van der Waals surface area contributed by atoms with Crippen LogP contribution < -0.4 is 0 Å². The van der Waals surface area contributed by atoms with Crippen molar-refractivity contribution in [2.45, 2.75) is 31.2 Å². The van der Waals surface area contributed by atoms with Gasteiger partial charge in [0, 0.05) is 36.8 Å². The Kier molecular flexibility index (Phi) is 2.84. The SMILES string of the molecule is C=C1O[C@]2(c3ccncc3)C[C@H](C)C[C@]1(c1ccncc1)O2. The molecule has 0 saturated carbocycles. The highest BCUT2D eigenvalue weighted by atomic mass is 16.8. The average molecular weight is 294 g/mol. The van der Waals surface area contributed by atoms with E-state index in [1.165, 1.54) is 0 Å². The molecule has 0 unspecified atom stereocenters. The molecule has 0 N–H and O–H groups in total. The lowest BCUT2D eigenvalue weighted by Gasteiger charge is -2.39. The van der Waals surface area contributed by atoms with Gasteiger partial charge >= 0.3 is 0 Å². The van der Waals surface area contributed by atoms with Crippen LogP contribution in [0.15, 0.2) is 61.4 Å². The third kappa shape index (κ3) is 1.80. The molecular formula is C18H18N2O2. The molecule has 0 aromatic carbocycles. The summed E-state index contributed by atoms with van der Waals surface area (Å²) >= 11 is 0. The summed E-state index contributed by atoms with van der Waals surface area (Å²) in [5, 5.41) is 0. The third-order valence-corrected chi connectivity index (χ3v) is 4.60. The molecule has 112 valence electrons. The van der Waals surface area contributed by atoms with E-state index in [1.807, 2.05) is 24.3 Å². The first kappa shape index (κ1) is 13.5. The van der Waals surface area contributed by atoms with Crippen molar-refractivity contribution in [2.24, 2.45) is 5.92 Å². The summed E-state index contributed by atoms with van der Waals surface area (Å²) in [4.78, 5) is 8.20. The van der Waals surface area contributed by atoms with E-state index in [1.54, 1.807) is 24.8 Å². The Morgan fingerprint density at radius 1 is 1.00 bits per heavy atom. The highest BCUT2D eigenvalue weighted by molar-refractivity contribution is 5.34. The second-order valence-electron chi connectivity index (χ2n) is 6.19. The fourth-order valence-electron chi connectivity index (χ4n) is 3.70. The summed E-state index contributed by atoms with van der Waals surface area (Å²) < 4.78 is 12.8. The van der Waals surface area contributed by atoms with Gasteiger partial charge in [0.25, 0.3) is 0 Å². The average Bonchev–Trinajstić information content (AvgIpc) is 2.77. The first-order chi connectivity index (χ1) is 10.6. The zero-order chi connectivity index (χ0) is 15.2. The van der Waals surface area contributed by atoms with E-state index in [0.717, 1.165) is 24.0 Å². The van der Waals surface area contributed by atoms with E-state index < -0.39 is 11.4 Å². The standard InChI is InChI=1S/C18H18N2O2/c1-13-11-17(15-3-7-19-8-4-15)14(2)21-18(12-13,22-17)16-5-9-20-10-6-16/h3-10,13H,2,11-12H2,1H3/t13-,17+,18-/m1/s1. The smallest absolute Gasteiger partial charge is 0.238 e. The molecule has 2 aromatic rings. The van der Waals surface area contributed by atoms with Gasteiger partial charge in [-0.3, -0.25) is 9.97 Å². The maximum atomic E-state index is 6.55. The number of ether oxygens (including phenoxy) is 2. The molecular weight excluding hydrogens is 276 g/mol. The predicted molar refractivity (Wildman–Crippen MR) is 81.5 cm³/mol. The largest absolute Gasteiger partial charge is 0.459 e. The Bertz CT molecular complexity index is 704. The number of pyridine rings is 2. The lowest BCUT2D eigenvalue weighted by atomic mass is 9.79. The first-order valence-electron chi connectivity index (χ1n) is 7.54. The van der Waals surface area contributed by atoms with Crippen LogP contribution in [0.5, 0.6) is 0 Å². The molecule has 2 aliphatic heterocycles. The summed E-state index contributed by atoms with van der Waals surface area (Å²) in [6.07, 6.45) is 8.78. The quantitative estimate of drug-likeness (QED) is 0.850. The number of aromatic nitrogens is 2. The first-order valence-corrected chi connectivity index (χ1v) is 7.54. The van der Waals surface area contributed by atoms with Gasteiger partial charge < -0.3 is 9.47 Å². The molecule has 4 rings (SSSR count). The topological polar surface area (TPSA) is 44.2 Å². The van der Waals surface area contributed by atoms with E-state index in [0.29, 0.717) is 11.7 Å². The summed E-state index contributed by atoms with van der Waals surface area (Å²) in [5.74, 6) is 0.371. The highest BCUT2D eigenvalue weighted by Crippen LogP contribution is 2.59. The Morgan fingerprint density at radius 2 is 1.59 bits per heavy atom. The van der Waals surface area contributed by atoms with Crippen molar-refractivity contribution in [1.29, 1.82) is 0 Å². The van der Waals surface area contributed by atoms with Crippen LogP contribution in [-0.4, -0.2) is 9.97 Å². The Labute approximate surface area is 129 Å². The van der Waals surface area contributed by atoms with Crippen molar-refractivity contribution >= 4 is 0 Å². The minimum Gasteiger partial charge on any atom is -0.459 e. The van der Waals surface area contributed by atoms with E-state index >= 15 is 0 Å². The van der Waals surface area contributed by atoms with Crippen molar-refractivity contribution in [3.63, 3.8) is 0 Å². The van der Waals surface area contributed by atoms with Crippen molar-refractivity contribution in [1.82, 2.24) is 9.97 Å². The second kappa shape index (κ2) is 4.65. The van der Waals surface area contributed by atoms with Crippen LogP contribution in [0.2, 0.25) is 0 Å². The van der Waals surface area contributed by atoms with Crippen molar-refractivity contribution in [3.05, 3.63) is 72.5 Å². The Balaban J connectivity index is 1.84. The van der Waals surface area contributed by atoms with Gasteiger partial charge in [-0.15, -0.1) is 0 Å². The summed E-state index contributed by atoms with van der Waals surface area (Å²) in [6, 6.07) is 7.87. The van der Waals surface area contributed by atoms with Crippen molar-refractivity contribution < 1.29 is 9.47 Å². The highest BCUT2D eigenvalue weighted by Gasteiger charge is 2.60. The molecule has 0 radical (unpaired) electrons. The van der Waals surface area contributed by atoms with Crippen LogP contribution in [0, 0.1) is 5.92 Å². The molecule has 4 heteroatoms. The maximum Gasteiger partial charge on any atom is 0.238 e. The molecule has 2 bridgehead atoms. The molecule has 2 aromatic heterocycles. The van der Waals surface area contributed by atoms with E-state index in [4.69, 9.17) is 9.47 Å². The number of fused-ring (bicyclic) bond motifs is 2. The number of hydrogen-bond donors (Lipinski definition) is 0. The van der Waals surface area contributed by atoms with Crippen molar-refractivity contribution in [2.75, 3.05) is 0 Å². The fourth-order valence-corrected chi connectivity index (χ4v) is 3.70. The van der Waals surface area contributed by atoms with Crippen LogP contribution in [0.3, 0.4) is 0 Å². The minimum absolute atomic E-state index is 0.453. The molecule has 0 aliphatic carbocycles. The molecule has 4 heterocycles. The number of hydrogen-bond acceptors (Lipinski definition) is 4. The lowest BCUT2D eigenvalue weighted by molar-refractivity contribution is -0.234. The van der Waals surface area contributed by atoms with E-state index in [9.17, 15) is 0 Å². The van der Waals surface area contributed by atoms with Crippen LogP contribution >= 0.6 is 0 Å². The van der Waals surface area contributed by atoms with Gasteiger partial charge in [-0.1, -0.05) is 13.5 Å². The Hall–Kier alpha value is -2.20. The monoisotopic (exact) mass is 294 g/mol. The molecule has 0 spiro atoms. The molecule has 2 aliphatic rings.